The molecule has 2 aliphatic heterocycles. The summed E-state index contributed by atoms with van der Waals surface area (Å²) in [5, 5.41) is 13.7. The van der Waals surface area contributed by atoms with Crippen molar-refractivity contribution in [3.8, 4) is 11.5 Å². The van der Waals surface area contributed by atoms with Gasteiger partial charge in [0.05, 0.1) is 14.2 Å². The lowest BCUT2D eigenvalue weighted by Gasteiger charge is -2.30. The molecule has 4 rings (SSSR count). The number of carbonyl (C=O) groups is 1. The van der Waals surface area contributed by atoms with E-state index < -0.39 is 17.8 Å². The number of hydrogen-bond donors (Lipinski definition) is 2. The minimum absolute atomic E-state index is 0.0176. The van der Waals surface area contributed by atoms with Crippen LogP contribution in [0, 0.1) is 5.82 Å². The van der Waals surface area contributed by atoms with Crippen LogP contribution in [-0.2, 0) is 23.1 Å². The summed E-state index contributed by atoms with van der Waals surface area (Å²) < 4.78 is 26.0. The van der Waals surface area contributed by atoms with E-state index in [2.05, 4.69) is 23.3 Å². The van der Waals surface area contributed by atoms with Crippen molar-refractivity contribution >= 4 is 11.8 Å². The molecule has 41 heavy (non-hydrogen) atoms. The molecule has 0 bridgehead atoms. The van der Waals surface area contributed by atoms with Crippen LogP contribution in [0.2, 0.25) is 0 Å². The Morgan fingerprint density at radius 1 is 1.22 bits per heavy atom. The molecule has 0 radical (unpaired) electrons. The van der Waals surface area contributed by atoms with Gasteiger partial charge in [0.25, 0.3) is 0 Å². The highest BCUT2D eigenvalue weighted by Gasteiger charge is 2.38. The Morgan fingerprint density at radius 3 is 2.68 bits per heavy atom. The Bertz CT molecular complexity index is 1200. The lowest BCUT2D eigenvalue weighted by molar-refractivity contribution is -0.143. The Morgan fingerprint density at radius 2 is 2.00 bits per heavy atom. The summed E-state index contributed by atoms with van der Waals surface area (Å²) in [6, 6.07) is 4.63. The highest BCUT2D eigenvalue weighted by atomic mass is 19.1. The fourth-order valence-electron chi connectivity index (χ4n) is 6.11. The zero-order valence-electron chi connectivity index (χ0n) is 25.6. The molecule has 0 unspecified atom stereocenters. The summed E-state index contributed by atoms with van der Waals surface area (Å²) in [7, 11) is 5.24. The molecule has 2 atom stereocenters. The van der Waals surface area contributed by atoms with Gasteiger partial charge in [-0.25, -0.2) is 9.37 Å². The Hall–Kier alpha value is -2.91. The molecule has 2 N–H and O–H groups in total. The zero-order chi connectivity index (χ0) is 29.7. The van der Waals surface area contributed by atoms with Crippen LogP contribution in [0.1, 0.15) is 81.3 Å². The van der Waals surface area contributed by atoms with Crippen LogP contribution >= 0.6 is 0 Å². The number of carboxylic acid groups (broad SMARTS) is 1. The smallest absolute Gasteiger partial charge is 0.325 e. The number of halogens is 1. The number of aromatic nitrogens is 1. The van der Waals surface area contributed by atoms with E-state index >= 15 is 4.39 Å². The molecule has 1 fully saturated rings. The minimum Gasteiger partial charge on any atom is -0.496 e. The van der Waals surface area contributed by atoms with Gasteiger partial charge in [0.1, 0.15) is 17.6 Å². The summed E-state index contributed by atoms with van der Waals surface area (Å²) in [5.41, 5.74) is 3.07. The Balaban J connectivity index is 1.32. The van der Waals surface area contributed by atoms with Crippen LogP contribution in [-0.4, -0.2) is 79.3 Å². The number of pyridine rings is 1. The fourth-order valence-corrected chi connectivity index (χ4v) is 6.11. The number of likely N-dealkylation sites (tertiary alicyclic amines) is 1. The van der Waals surface area contributed by atoms with E-state index in [1.165, 1.54) is 18.7 Å². The molecule has 226 valence electrons. The van der Waals surface area contributed by atoms with Gasteiger partial charge in [-0.2, -0.15) is 0 Å². The van der Waals surface area contributed by atoms with Gasteiger partial charge >= 0.3 is 5.97 Å². The predicted octanol–water partition coefficient (Wildman–Crippen LogP) is 5.44. The first kappa shape index (κ1) is 31.0. The number of benzene rings is 1. The van der Waals surface area contributed by atoms with Crippen molar-refractivity contribution in [1.82, 2.24) is 14.8 Å². The van der Waals surface area contributed by atoms with Crippen LogP contribution in [0.25, 0.3) is 0 Å². The van der Waals surface area contributed by atoms with E-state index in [1.54, 1.807) is 13.2 Å². The Labute approximate surface area is 244 Å². The molecular formula is C32H47FN4O4. The van der Waals surface area contributed by atoms with Crippen molar-refractivity contribution in [3.05, 3.63) is 46.4 Å². The number of hydrogen-bond acceptors (Lipinski definition) is 7. The van der Waals surface area contributed by atoms with E-state index in [-0.39, 0.29) is 17.2 Å². The lowest BCUT2D eigenvalue weighted by Crippen LogP contribution is -2.38. The number of aliphatic carboxylic acids is 1. The van der Waals surface area contributed by atoms with Gasteiger partial charge in [-0.3, -0.25) is 9.69 Å². The summed E-state index contributed by atoms with van der Waals surface area (Å²) in [6.07, 6.45) is 7.09. The number of likely N-dealkylation sites (N-methyl/N-ethyl adjacent to an activating group) is 1. The van der Waals surface area contributed by atoms with Crippen molar-refractivity contribution in [3.63, 3.8) is 0 Å². The maximum absolute atomic E-state index is 15.0. The third kappa shape index (κ3) is 7.30. The van der Waals surface area contributed by atoms with Crippen molar-refractivity contribution in [2.24, 2.45) is 0 Å². The SMILES string of the molecule is COc1cc(CCCCCN(C)[C@@H]2CCN([C@@H](C(=O)O)c3cc(C(C)(C)C)cc(F)c3OC)C2)nc2c1CCCN2. The quantitative estimate of drug-likeness (QED) is 0.327. The topological polar surface area (TPSA) is 87.2 Å². The number of aryl methyl sites for hydroxylation is 1. The highest BCUT2D eigenvalue weighted by Crippen LogP contribution is 2.38. The summed E-state index contributed by atoms with van der Waals surface area (Å²) in [4.78, 5) is 21.7. The summed E-state index contributed by atoms with van der Waals surface area (Å²) in [5.74, 6) is 0.423. The van der Waals surface area contributed by atoms with Crippen molar-refractivity contribution in [2.75, 3.05) is 52.8 Å². The largest absolute Gasteiger partial charge is 0.496 e. The number of rotatable bonds is 12. The first-order valence-electron chi connectivity index (χ1n) is 14.9. The molecule has 9 heteroatoms. The minimum atomic E-state index is -0.986. The number of nitrogens with zero attached hydrogens (tertiary/aromatic N) is 3. The first-order chi connectivity index (χ1) is 19.5. The van der Waals surface area contributed by atoms with E-state index in [9.17, 15) is 9.90 Å². The number of nitrogens with one attached hydrogen (secondary N) is 1. The third-order valence-electron chi connectivity index (χ3n) is 8.55. The maximum Gasteiger partial charge on any atom is 0.325 e. The van der Waals surface area contributed by atoms with E-state index in [1.807, 2.05) is 25.7 Å². The highest BCUT2D eigenvalue weighted by molar-refractivity contribution is 5.77. The first-order valence-corrected chi connectivity index (χ1v) is 14.9. The molecule has 0 amide bonds. The average Bonchev–Trinajstić information content (AvgIpc) is 3.41. The molecule has 1 aromatic carbocycles. The van der Waals surface area contributed by atoms with Crippen LogP contribution in [0.15, 0.2) is 18.2 Å². The van der Waals surface area contributed by atoms with Gasteiger partial charge in [-0.05, 0) is 75.2 Å². The second-order valence-electron chi connectivity index (χ2n) is 12.5. The molecule has 0 spiro atoms. The van der Waals surface area contributed by atoms with Gasteiger partial charge in [-0.15, -0.1) is 0 Å². The van der Waals surface area contributed by atoms with Crippen LogP contribution in [0.5, 0.6) is 11.5 Å². The molecule has 3 heterocycles. The molecule has 2 aromatic rings. The van der Waals surface area contributed by atoms with Gasteiger partial charge in [0.2, 0.25) is 0 Å². The van der Waals surface area contributed by atoms with E-state index in [0.29, 0.717) is 18.7 Å². The second-order valence-corrected chi connectivity index (χ2v) is 12.5. The monoisotopic (exact) mass is 570 g/mol. The van der Waals surface area contributed by atoms with Crippen LogP contribution in [0.3, 0.4) is 0 Å². The molecule has 8 nitrogen and oxygen atoms in total. The molecule has 2 aliphatic rings. The zero-order valence-corrected chi connectivity index (χ0v) is 25.6. The number of methoxy groups -OCH3 is 2. The number of fused-ring (bicyclic) bond motifs is 1. The average molecular weight is 571 g/mol. The van der Waals surface area contributed by atoms with Crippen LogP contribution in [0.4, 0.5) is 10.2 Å². The molecular weight excluding hydrogens is 523 g/mol. The van der Waals surface area contributed by atoms with E-state index in [4.69, 9.17) is 14.5 Å². The Kier molecular flexibility index (Phi) is 10.1. The second kappa shape index (κ2) is 13.4. The van der Waals surface area contributed by atoms with Gasteiger partial charge in [0.15, 0.2) is 11.6 Å². The van der Waals surface area contributed by atoms with Gasteiger partial charge in [-0.1, -0.05) is 27.2 Å². The molecule has 1 aromatic heterocycles. The summed E-state index contributed by atoms with van der Waals surface area (Å²) >= 11 is 0. The van der Waals surface area contributed by atoms with E-state index in [0.717, 1.165) is 80.9 Å². The van der Waals surface area contributed by atoms with Crippen molar-refractivity contribution in [2.45, 2.75) is 83.2 Å². The normalized spacial score (nSPS) is 18.2. The third-order valence-corrected chi connectivity index (χ3v) is 8.55. The summed E-state index contributed by atoms with van der Waals surface area (Å²) in [6.45, 7) is 9.12. The number of ether oxygens (including phenoxy) is 2. The van der Waals surface area contributed by atoms with Crippen molar-refractivity contribution in [1.29, 1.82) is 0 Å². The van der Waals surface area contributed by atoms with Gasteiger partial charge < -0.3 is 24.8 Å². The van der Waals surface area contributed by atoms with Crippen LogP contribution < -0.4 is 14.8 Å². The van der Waals surface area contributed by atoms with Crippen molar-refractivity contribution < 1.29 is 23.8 Å². The number of anilines is 1. The fraction of sp³-hybridized carbons (Fsp3) is 0.625. The molecule has 1 saturated heterocycles. The predicted molar refractivity (Wildman–Crippen MR) is 160 cm³/mol. The lowest BCUT2D eigenvalue weighted by atomic mass is 9.84. The van der Waals surface area contributed by atoms with Gasteiger partial charge in [0, 0.05) is 48.6 Å². The molecule has 0 aliphatic carbocycles. The maximum atomic E-state index is 15.0. The standard InChI is InChI=1S/C32H47FN4O4/c1-32(2,3)21-17-25(29(41-6)26(33)18-21)28(31(38)39)37-16-13-23(20-37)36(4)15-9-7-8-11-22-19-27(40-5)24-12-10-14-34-30(24)35-22/h17-19,23,28H,7-16,20H2,1-6H3,(H,34,35)(H,38,39)/t23-,28-/m1/s1. The number of unbranched alkanes of at least 4 members (excludes halogenated alkanes) is 2. The molecule has 0 saturated carbocycles. The number of carboxylic acids is 1.